The van der Waals surface area contributed by atoms with E-state index in [0.29, 0.717) is 18.2 Å². The van der Waals surface area contributed by atoms with Crippen LogP contribution in [0.4, 0.5) is 39.5 Å². The van der Waals surface area contributed by atoms with Crippen LogP contribution >= 0.6 is 0 Å². The number of rotatable bonds is 4. The van der Waals surface area contributed by atoms with Crippen molar-refractivity contribution >= 4 is 5.97 Å². The molecule has 1 aliphatic rings. The molecule has 1 N–H and O–H groups in total. The van der Waals surface area contributed by atoms with Crippen LogP contribution < -0.4 is 0 Å². The monoisotopic (exact) mass is 499 g/mol. The smallest absolute Gasteiger partial charge is 0.416 e. The zero-order chi connectivity index (χ0) is 25.5. The molecule has 3 nitrogen and oxygen atoms in total. The average molecular weight is 499 g/mol. The van der Waals surface area contributed by atoms with Gasteiger partial charge in [-0.1, -0.05) is 12.1 Å². The minimum Gasteiger partial charge on any atom is -0.481 e. The summed E-state index contributed by atoms with van der Waals surface area (Å²) in [5, 5.41) is 9.37. The van der Waals surface area contributed by atoms with Crippen LogP contribution in [-0.2, 0) is 29.9 Å². The summed E-state index contributed by atoms with van der Waals surface area (Å²) in [7, 11) is 0. The van der Waals surface area contributed by atoms with Gasteiger partial charge in [-0.15, -0.1) is 0 Å². The summed E-state index contributed by atoms with van der Waals surface area (Å²) in [5.74, 6) is -2.08. The number of nitrogens with zero attached hydrogens (tertiary/aromatic N) is 1. The minimum absolute atomic E-state index is 0.0206. The first-order valence-electron chi connectivity index (χ1n) is 9.98. The molecular weight excluding hydrogens is 481 g/mol. The number of carboxylic acids is 1. The van der Waals surface area contributed by atoms with E-state index in [1.165, 1.54) is 4.90 Å². The third-order valence-electron chi connectivity index (χ3n) is 5.80. The van der Waals surface area contributed by atoms with Gasteiger partial charge in [-0.05, 0) is 60.8 Å². The Bertz CT molecular complexity index is 1030. The van der Waals surface area contributed by atoms with E-state index in [2.05, 4.69) is 0 Å². The van der Waals surface area contributed by atoms with Crippen molar-refractivity contribution in [2.45, 2.75) is 44.0 Å². The SMILES string of the molecule is O=C(O)[C@H]1CCN(Cc2cc(C(F)(F)F)ccc2C(F)(F)F)[C@@H](c2ccc(C(F)(F)F)cc2)C1. The first-order chi connectivity index (χ1) is 15.6. The first-order valence-corrected chi connectivity index (χ1v) is 9.98. The quantitative estimate of drug-likeness (QED) is 0.472. The number of likely N-dealkylation sites (tertiary alicyclic amines) is 1. The maximum Gasteiger partial charge on any atom is 0.416 e. The number of alkyl halides is 9. The Labute approximate surface area is 187 Å². The topological polar surface area (TPSA) is 40.5 Å². The van der Waals surface area contributed by atoms with E-state index in [-0.39, 0.29) is 24.9 Å². The Kier molecular flexibility index (Phi) is 6.94. The molecule has 3 rings (SSSR count). The normalized spacial score (nSPS) is 20.4. The van der Waals surface area contributed by atoms with Crippen LogP contribution in [0.2, 0.25) is 0 Å². The van der Waals surface area contributed by atoms with Crippen LogP contribution in [0.1, 0.15) is 46.7 Å². The molecule has 0 aliphatic carbocycles. The van der Waals surface area contributed by atoms with Gasteiger partial charge in [0, 0.05) is 12.6 Å². The van der Waals surface area contributed by atoms with E-state index >= 15 is 0 Å². The molecule has 0 aromatic heterocycles. The number of hydrogen-bond acceptors (Lipinski definition) is 2. The van der Waals surface area contributed by atoms with E-state index in [4.69, 9.17) is 0 Å². The lowest BCUT2D eigenvalue weighted by molar-refractivity contribution is -0.144. The van der Waals surface area contributed by atoms with Crippen molar-refractivity contribution in [3.63, 3.8) is 0 Å². The van der Waals surface area contributed by atoms with Crippen LogP contribution in [0.5, 0.6) is 0 Å². The Morgan fingerprint density at radius 1 is 0.853 bits per heavy atom. The molecule has 0 amide bonds. The molecule has 0 spiro atoms. The lowest BCUT2D eigenvalue weighted by Gasteiger charge is -2.39. The van der Waals surface area contributed by atoms with Crippen LogP contribution in [-0.4, -0.2) is 22.5 Å². The largest absolute Gasteiger partial charge is 0.481 e. The molecule has 186 valence electrons. The van der Waals surface area contributed by atoms with E-state index < -0.39 is 65.3 Å². The van der Waals surface area contributed by atoms with Gasteiger partial charge in [-0.25, -0.2) is 0 Å². The summed E-state index contributed by atoms with van der Waals surface area (Å²) < 4.78 is 119. The van der Waals surface area contributed by atoms with Gasteiger partial charge in [0.25, 0.3) is 0 Å². The number of carbonyl (C=O) groups is 1. The van der Waals surface area contributed by atoms with E-state index in [1.54, 1.807) is 0 Å². The van der Waals surface area contributed by atoms with Crippen LogP contribution in [0.15, 0.2) is 42.5 Å². The molecule has 2 atom stereocenters. The van der Waals surface area contributed by atoms with Crippen molar-refractivity contribution in [1.29, 1.82) is 0 Å². The summed E-state index contributed by atoms with van der Waals surface area (Å²) in [6, 6.07) is 3.89. The summed E-state index contributed by atoms with van der Waals surface area (Å²) >= 11 is 0. The van der Waals surface area contributed by atoms with Crippen molar-refractivity contribution in [2.75, 3.05) is 6.54 Å². The van der Waals surface area contributed by atoms with Crippen molar-refractivity contribution < 1.29 is 49.4 Å². The highest BCUT2D eigenvalue weighted by Gasteiger charge is 2.39. The third-order valence-corrected chi connectivity index (χ3v) is 5.80. The van der Waals surface area contributed by atoms with Crippen LogP contribution in [0, 0.1) is 5.92 Å². The summed E-state index contributed by atoms with van der Waals surface area (Å²) in [6.07, 6.45) is -14.6. The molecule has 0 saturated carbocycles. The molecular formula is C22H18F9NO2. The third kappa shape index (κ3) is 5.83. The standard InChI is InChI=1S/C22H18F9NO2/c23-20(24,25)15-3-1-12(2-4-15)18-10-13(19(33)34)7-8-32(18)11-14-9-16(21(26,27)28)5-6-17(14)22(29,30)31/h1-6,9,13,18H,7-8,10-11H2,(H,33,34)/t13-,18+/m0/s1. The maximum atomic E-state index is 13.5. The highest BCUT2D eigenvalue weighted by atomic mass is 19.4. The van der Waals surface area contributed by atoms with Crippen LogP contribution in [0.3, 0.4) is 0 Å². The van der Waals surface area contributed by atoms with E-state index in [0.717, 1.165) is 24.3 Å². The molecule has 1 saturated heterocycles. The van der Waals surface area contributed by atoms with Gasteiger partial charge in [0.05, 0.1) is 22.6 Å². The molecule has 1 heterocycles. The molecule has 12 heteroatoms. The molecule has 1 aliphatic heterocycles. The molecule has 0 radical (unpaired) electrons. The van der Waals surface area contributed by atoms with E-state index in [9.17, 15) is 49.4 Å². The Morgan fingerprint density at radius 3 is 1.91 bits per heavy atom. The number of halogens is 9. The first kappa shape index (κ1) is 25.9. The molecule has 1 fully saturated rings. The van der Waals surface area contributed by atoms with Gasteiger partial charge >= 0.3 is 24.5 Å². The van der Waals surface area contributed by atoms with Crippen molar-refractivity contribution in [3.8, 4) is 0 Å². The van der Waals surface area contributed by atoms with Gasteiger partial charge in [-0.2, -0.15) is 39.5 Å². The summed E-state index contributed by atoms with van der Waals surface area (Å²) in [6.45, 7) is -0.674. The van der Waals surface area contributed by atoms with Gasteiger partial charge < -0.3 is 5.11 Å². The van der Waals surface area contributed by atoms with Crippen molar-refractivity contribution in [1.82, 2.24) is 4.90 Å². The number of piperidine rings is 1. The highest BCUT2D eigenvalue weighted by Crippen LogP contribution is 2.41. The number of benzene rings is 2. The molecule has 34 heavy (non-hydrogen) atoms. The number of aliphatic carboxylic acids is 1. The van der Waals surface area contributed by atoms with Gasteiger partial charge in [0.1, 0.15) is 0 Å². The van der Waals surface area contributed by atoms with Crippen molar-refractivity contribution in [2.24, 2.45) is 5.92 Å². The molecule has 2 aromatic carbocycles. The lowest BCUT2D eigenvalue weighted by Crippen LogP contribution is -2.39. The molecule has 0 bridgehead atoms. The predicted octanol–water partition coefficient (Wildman–Crippen LogP) is 6.78. The zero-order valence-electron chi connectivity index (χ0n) is 17.2. The fourth-order valence-corrected chi connectivity index (χ4v) is 4.06. The Morgan fingerprint density at radius 2 is 1.41 bits per heavy atom. The maximum absolute atomic E-state index is 13.5. The second-order valence-corrected chi connectivity index (χ2v) is 8.03. The minimum atomic E-state index is -4.94. The van der Waals surface area contributed by atoms with Gasteiger partial charge in [-0.3, -0.25) is 9.69 Å². The highest BCUT2D eigenvalue weighted by molar-refractivity contribution is 5.70. The number of hydrogen-bond donors (Lipinski definition) is 1. The van der Waals surface area contributed by atoms with Gasteiger partial charge in [0.2, 0.25) is 0 Å². The Hall–Kier alpha value is -2.76. The lowest BCUT2D eigenvalue weighted by atomic mass is 9.86. The fourth-order valence-electron chi connectivity index (χ4n) is 4.06. The zero-order valence-corrected chi connectivity index (χ0v) is 17.2. The summed E-state index contributed by atoms with van der Waals surface area (Å²) in [5.41, 5.74) is -3.95. The summed E-state index contributed by atoms with van der Waals surface area (Å²) in [4.78, 5) is 12.8. The van der Waals surface area contributed by atoms with E-state index in [1.807, 2.05) is 0 Å². The molecule has 2 aromatic rings. The van der Waals surface area contributed by atoms with Crippen LogP contribution in [0.25, 0.3) is 0 Å². The van der Waals surface area contributed by atoms with Gasteiger partial charge in [0.15, 0.2) is 0 Å². The number of carboxylic acid groups (broad SMARTS) is 1. The average Bonchev–Trinajstić information content (AvgIpc) is 2.72. The van der Waals surface area contributed by atoms with Crippen molar-refractivity contribution in [3.05, 3.63) is 70.3 Å². The second kappa shape index (κ2) is 9.12. The fraction of sp³-hybridized carbons (Fsp3) is 0.409. The molecule has 0 unspecified atom stereocenters. The Balaban J connectivity index is 2.00. The second-order valence-electron chi connectivity index (χ2n) is 8.03. The predicted molar refractivity (Wildman–Crippen MR) is 101 cm³/mol.